The average Bonchev–Trinajstić information content (AvgIpc) is 3.30. The lowest BCUT2D eigenvalue weighted by atomic mass is 9.90. The van der Waals surface area contributed by atoms with Crippen molar-refractivity contribution in [3.8, 4) is 0 Å². The number of carbonyl (C=O) groups is 1. The number of aryl methyl sites for hydroxylation is 3. The number of rotatable bonds is 8. The van der Waals surface area contributed by atoms with Crippen molar-refractivity contribution in [2.45, 2.75) is 50.9 Å². The van der Waals surface area contributed by atoms with E-state index in [4.69, 9.17) is 23.2 Å². The maximum Gasteiger partial charge on any atom is 0.258 e. The minimum Gasteiger partial charge on any atom is -0.316 e. The second kappa shape index (κ2) is 11.2. The van der Waals surface area contributed by atoms with E-state index in [0.29, 0.717) is 22.5 Å². The minimum atomic E-state index is 0.0153. The van der Waals surface area contributed by atoms with E-state index >= 15 is 0 Å². The molecule has 0 aromatic heterocycles. The highest BCUT2D eigenvalue weighted by atomic mass is 35.5. The molecule has 1 amide bonds. The van der Waals surface area contributed by atoms with Crippen molar-refractivity contribution >= 4 is 34.8 Å². The highest BCUT2D eigenvalue weighted by molar-refractivity contribution is 6.42. The molecule has 3 aromatic rings. The van der Waals surface area contributed by atoms with Crippen LogP contribution in [0.15, 0.2) is 60.7 Å². The molecule has 0 saturated carbocycles. The molecule has 2 aliphatic carbocycles. The van der Waals surface area contributed by atoms with Crippen LogP contribution in [0.3, 0.4) is 0 Å². The number of nitrogens with zero attached hydrogens (tertiary/aromatic N) is 1. The molecule has 1 atom stereocenters. The number of nitrogens with one attached hydrogen (secondary N) is 1. The summed E-state index contributed by atoms with van der Waals surface area (Å²) in [4.78, 5) is 15.5. The van der Waals surface area contributed by atoms with Crippen LogP contribution < -0.4 is 10.2 Å². The molecule has 0 fully saturated rings. The molecule has 2 aliphatic rings. The van der Waals surface area contributed by atoms with Crippen molar-refractivity contribution in [3.63, 3.8) is 0 Å². The first-order valence-electron chi connectivity index (χ1n) is 12.8. The second-order valence-corrected chi connectivity index (χ2v) is 10.6. The molecule has 3 nitrogen and oxygen atoms in total. The van der Waals surface area contributed by atoms with Crippen molar-refractivity contribution in [2.75, 3.05) is 24.5 Å². The Bertz CT molecular complexity index is 1210. The summed E-state index contributed by atoms with van der Waals surface area (Å²) in [6.07, 6.45) is 7.81. The Morgan fingerprint density at radius 1 is 0.886 bits per heavy atom. The number of anilines is 1. The fourth-order valence-electron chi connectivity index (χ4n) is 5.52. The Kier molecular flexibility index (Phi) is 7.77. The van der Waals surface area contributed by atoms with Gasteiger partial charge >= 0.3 is 0 Å². The Balaban J connectivity index is 1.25. The van der Waals surface area contributed by atoms with Crippen LogP contribution in [0.4, 0.5) is 5.69 Å². The average molecular weight is 508 g/mol. The maximum absolute atomic E-state index is 13.7. The minimum absolute atomic E-state index is 0.0153. The monoisotopic (exact) mass is 506 g/mol. The van der Waals surface area contributed by atoms with E-state index in [-0.39, 0.29) is 5.91 Å². The van der Waals surface area contributed by atoms with E-state index in [0.717, 1.165) is 43.6 Å². The zero-order valence-electron chi connectivity index (χ0n) is 20.0. The zero-order valence-corrected chi connectivity index (χ0v) is 21.5. The van der Waals surface area contributed by atoms with Gasteiger partial charge in [0.15, 0.2) is 0 Å². The van der Waals surface area contributed by atoms with Gasteiger partial charge in [0.05, 0.1) is 10.0 Å². The number of hydrogen-bond acceptors (Lipinski definition) is 2. The van der Waals surface area contributed by atoms with Crippen LogP contribution in [0.25, 0.3) is 0 Å². The molecule has 0 heterocycles. The topological polar surface area (TPSA) is 32.3 Å². The summed E-state index contributed by atoms with van der Waals surface area (Å²) in [5.41, 5.74) is 7.20. The lowest BCUT2D eigenvalue weighted by Gasteiger charge is -2.25. The second-order valence-electron chi connectivity index (χ2n) is 9.74. The quantitative estimate of drug-likeness (QED) is 0.326. The van der Waals surface area contributed by atoms with Crippen LogP contribution in [0.1, 0.15) is 64.2 Å². The van der Waals surface area contributed by atoms with Crippen molar-refractivity contribution in [3.05, 3.63) is 98.5 Å². The van der Waals surface area contributed by atoms with E-state index in [9.17, 15) is 4.79 Å². The molecule has 0 saturated heterocycles. The van der Waals surface area contributed by atoms with E-state index in [1.807, 2.05) is 17.0 Å². The molecule has 0 radical (unpaired) electrons. The highest BCUT2D eigenvalue weighted by Gasteiger charge is 2.22. The fourth-order valence-corrected chi connectivity index (χ4v) is 5.81. The van der Waals surface area contributed by atoms with Gasteiger partial charge in [-0.3, -0.25) is 4.79 Å². The third-order valence-corrected chi connectivity index (χ3v) is 8.18. The Morgan fingerprint density at radius 2 is 1.71 bits per heavy atom. The number of fused-ring (bicyclic) bond motifs is 2. The van der Waals surface area contributed by atoms with Crippen LogP contribution >= 0.6 is 23.2 Å². The number of halogens is 2. The normalized spacial score (nSPS) is 16.6. The fraction of sp³-hybridized carbons (Fsp3) is 0.367. The first-order valence-corrected chi connectivity index (χ1v) is 13.5. The number of benzene rings is 3. The molecule has 0 aliphatic heterocycles. The van der Waals surface area contributed by atoms with Gasteiger partial charge < -0.3 is 10.2 Å². The lowest BCUT2D eigenvalue weighted by Crippen LogP contribution is -2.34. The highest BCUT2D eigenvalue weighted by Crippen LogP contribution is 2.32. The van der Waals surface area contributed by atoms with Crippen molar-refractivity contribution in [1.82, 2.24) is 5.32 Å². The summed E-state index contributed by atoms with van der Waals surface area (Å²) in [5, 5.41) is 4.59. The summed E-state index contributed by atoms with van der Waals surface area (Å²) in [5.74, 6) is 0.594. The van der Waals surface area contributed by atoms with Crippen molar-refractivity contribution < 1.29 is 4.79 Å². The molecule has 0 spiro atoms. The van der Waals surface area contributed by atoms with Gasteiger partial charge in [-0.15, -0.1) is 0 Å². The van der Waals surface area contributed by atoms with E-state index in [1.54, 1.807) is 12.1 Å². The molecule has 182 valence electrons. The third kappa shape index (κ3) is 5.58. The first kappa shape index (κ1) is 24.4. The van der Waals surface area contributed by atoms with Gasteiger partial charge in [0, 0.05) is 24.3 Å². The summed E-state index contributed by atoms with van der Waals surface area (Å²) in [6.45, 7) is 2.44. The van der Waals surface area contributed by atoms with Gasteiger partial charge in [0.25, 0.3) is 5.91 Å². The standard InChI is InChI=1S/C30H32Cl2N2O/c31-28-15-14-26(19-29(28)32)34(30(35)24-12-10-21-6-1-2-8-23(21)18-24)17-5-16-33-20-25-13-11-22-7-3-4-9-27(22)25/h3-4,7,9-10,12,14-15,18-19,25,33H,1-2,5-6,8,11,13,16-17,20H2. The molecule has 35 heavy (non-hydrogen) atoms. The SMILES string of the molecule is O=C(c1ccc2c(c1)CCCC2)N(CCCNCC1CCc2ccccc21)c1ccc(Cl)c(Cl)c1. The van der Waals surface area contributed by atoms with Gasteiger partial charge in [0.1, 0.15) is 0 Å². The molecule has 1 unspecified atom stereocenters. The molecule has 5 heteroatoms. The number of hydrogen-bond donors (Lipinski definition) is 1. The van der Waals surface area contributed by atoms with E-state index < -0.39 is 0 Å². The summed E-state index contributed by atoms with van der Waals surface area (Å²) >= 11 is 12.5. The van der Waals surface area contributed by atoms with Crippen LogP contribution in [0.5, 0.6) is 0 Å². The number of amides is 1. The molecular formula is C30H32Cl2N2O. The zero-order chi connectivity index (χ0) is 24.2. The molecule has 0 bridgehead atoms. The predicted molar refractivity (Wildman–Crippen MR) is 146 cm³/mol. The van der Waals surface area contributed by atoms with Gasteiger partial charge in [-0.05, 0) is 110 Å². The van der Waals surface area contributed by atoms with Gasteiger partial charge in [0.2, 0.25) is 0 Å². The largest absolute Gasteiger partial charge is 0.316 e. The summed E-state index contributed by atoms with van der Waals surface area (Å²) in [7, 11) is 0. The van der Waals surface area contributed by atoms with Crippen LogP contribution in [-0.4, -0.2) is 25.5 Å². The third-order valence-electron chi connectivity index (χ3n) is 7.44. The smallest absolute Gasteiger partial charge is 0.258 e. The van der Waals surface area contributed by atoms with Gasteiger partial charge in [-0.1, -0.05) is 53.5 Å². The molecule has 1 N–H and O–H groups in total. The Morgan fingerprint density at radius 3 is 2.57 bits per heavy atom. The van der Waals surface area contributed by atoms with Crippen LogP contribution in [0.2, 0.25) is 10.0 Å². The van der Waals surface area contributed by atoms with E-state index in [2.05, 4.69) is 41.7 Å². The van der Waals surface area contributed by atoms with Gasteiger partial charge in [-0.2, -0.15) is 0 Å². The van der Waals surface area contributed by atoms with Crippen molar-refractivity contribution in [1.29, 1.82) is 0 Å². The Hall–Kier alpha value is -2.33. The van der Waals surface area contributed by atoms with E-state index in [1.165, 1.54) is 47.9 Å². The Labute approximate surface area is 218 Å². The molecule has 3 aromatic carbocycles. The number of carbonyl (C=O) groups excluding carboxylic acids is 1. The van der Waals surface area contributed by atoms with Crippen LogP contribution in [-0.2, 0) is 19.3 Å². The molecular weight excluding hydrogens is 475 g/mol. The maximum atomic E-state index is 13.7. The predicted octanol–water partition coefficient (Wildman–Crippen LogP) is 7.23. The summed E-state index contributed by atoms with van der Waals surface area (Å²) < 4.78 is 0. The van der Waals surface area contributed by atoms with Crippen LogP contribution in [0, 0.1) is 0 Å². The first-order chi connectivity index (χ1) is 17.1. The molecule has 5 rings (SSSR count). The van der Waals surface area contributed by atoms with Crippen molar-refractivity contribution in [2.24, 2.45) is 0 Å². The van der Waals surface area contributed by atoms with Gasteiger partial charge in [-0.25, -0.2) is 0 Å². The summed E-state index contributed by atoms with van der Waals surface area (Å²) in [6, 6.07) is 20.4. The lowest BCUT2D eigenvalue weighted by molar-refractivity contribution is 0.0986.